The second kappa shape index (κ2) is 11.5. The van der Waals surface area contributed by atoms with Crippen LogP contribution in [-0.2, 0) is 27.7 Å². The van der Waals surface area contributed by atoms with Gasteiger partial charge in [-0.05, 0) is 0 Å². The van der Waals surface area contributed by atoms with Crippen LogP contribution in [0.15, 0.2) is 22.2 Å². The van der Waals surface area contributed by atoms with Gasteiger partial charge in [0.2, 0.25) is 11.9 Å². The SMILES string of the molecule is Nc1nc2c(ncn2C2OC(CC3(COP(=O)(O)O)OC(n4cnc5c(=O)[nH]c(N)nc54)C(O)C3OP(=O)(O)O)C(O)C2O)c(=O)[nH]1. The molecule has 0 aromatic carbocycles. The van der Waals surface area contributed by atoms with Gasteiger partial charge in [-0.3, -0.25) is 37.7 Å². The molecule has 6 rings (SSSR count). The normalized spacial score (nSPS) is 30.1. The summed E-state index contributed by atoms with van der Waals surface area (Å²) in [6.45, 7) is -1.26. The number of aliphatic hydroxyl groups is 3. The van der Waals surface area contributed by atoms with Crippen molar-refractivity contribution in [3.05, 3.63) is 33.4 Å². The number of phosphoric ester groups is 2. The number of aromatic nitrogens is 8. The number of fused-ring (bicyclic) bond motifs is 2. The number of aliphatic hydroxyl groups excluding tert-OH is 3. The Morgan fingerprint density at radius 3 is 1.89 bits per heavy atom. The third-order valence-electron chi connectivity index (χ3n) is 7.54. The van der Waals surface area contributed by atoms with E-state index < -0.39 is 88.4 Å². The number of nitrogens with one attached hydrogen (secondary N) is 2. The Morgan fingerprint density at radius 2 is 1.38 bits per heavy atom. The van der Waals surface area contributed by atoms with Crippen LogP contribution < -0.4 is 22.6 Å². The summed E-state index contributed by atoms with van der Waals surface area (Å²) in [4.78, 5) is 83.3. The van der Waals surface area contributed by atoms with E-state index in [1.807, 2.05) is 0 Å². The fourth-order valence-electron chi connectivity index (χ4n) is 5.63. The number of hydrogen-bond acceptors (Lipinski definition) is 17. The molecule has 2 fully saturated rings. The lowest BCUT2D eigenvalue weighted by molar-refractivity contribution is -0.154. The molecule has 0 spiro atoms. The average Bonchev–Trinajstić information content (AvgIpc) is 3.69. The Bertz CT molecular complexity index is 2060. The first-order valence-corrected chi connectivity index (χ1v) is 16.2. The molecule has 27 heteroatoms. The Labute approximate surface area is 258 Å². The Morgan fingerprint density at radius 1 is 0.851 bits per heavy atom. The highest BCUT2D eigenvalue weighted by atomic mass is 31.2. The Balaban J connectivity index is 1.42. The van der Waals surface area contributed by atoms with E-state index >= 15 is 0 Å². The molecule has 256 valence electrons. The summed E-state index contributed by atoms with van der Waals surface area (Å²) in [5.74, 6) is -0.701. The zero-order valence-corrected chi connectivity index (χ0v) is 25.0. The summed E-state index contributed by atoms with van der Waals surface area (Å²) in [6.07, 6.45) is -11.8. The molecule has 0 bridgehead atoms. The maximum atomic E-state index is 12.4. The standard InChI is InChI=1S/C20H26N10O15P2/c21-18-25-12-6(14(34)27-18)23-3-29(12)16-9(32)8(31)5(43-16)1-20(2-42-46(36,37)38)11(45-47(39,40)41)10(33)17(44-20)30-4-24-7-13(30)26-19(22)28-15(7)35/h3-5,8-11,16-17,31-33H,1-2H2,(H2,36,37,38)(H2,39,40,41)(H3,21,25,27,34)(H3,22,26,28,35). The van der Waals surface area contributed by atoms with Gasteiger partial charge in [-0.15, -0.1) is 0 Å². The number of imidazole rings is 2. The molecule has 2 saturated heterocycles. The van der Waals surface area contributed by atoms with E-state index in [4.69, 9.17) is 25.5 Å². The van der Waals surface area contributed by atoms with Crippen LogP contribution in [0.2, 0.25) is 0 Å². The van der Waals surface area contributed by atoms with Crippen LogP contribution in [0.3, 0.4) is 0 Å². The third-order valence-corrected chi connectivity index (χ3v) is 8.50. The van der Waals surface area contributed by atoms with Gasteiger partial charge in [-0.1, -0.05) is 0 Å². The number of nitrogens with zero attached hydrogens (tertiary/aromatic N) is 6. The smallest absolute Gasteiger partial charge is 0.388 e. The lowest BCUT2D eigenvalue weighted by Gasteiger charge is -2.36. The lowest BCUT2D eigenvalue weighted by Crippen LogP contribution is -2.51. The highest BCUT2D eigenvalue weighted by Gasteiger charge is 2.62. The molecular formula is C20H26N10O15P2. The number of hydrogen-bond donors (Lipinski definition) is 11. The first kappa shape index (κ1) is 33.2. The van der Waals surface area contributed by atoms with Crippen molar-refractivity contribution < 1.29 is 62.5 Å². The highest BCUT2D eigenvalue weighted by Crippen LogP contribution is 2.52. The van der Waals surface area contributed by atoms with Crippen molar-refractivity contribution in [2.24, 2.45) is 0 Å². The van der Waals surface area contributed by atoms with Crippen molar-refractivity contribution in [2.75, 3.05) is 18.1 Å². The molecule has 8 atom stereocenters. The first-order chi connectivity index (χ1) is 21.9. The quantitative estimate of drug-likeness (QED) is 0.0731. The molecule has 2 aliphatic heterocycles. The Hall–Kier alpha value is -3.68. The number of phosphoric acid groups is 2. The van der Waals surface area contributed by atoms with Gasteiger partial charge in [-0.25, -0.2) is 19.1 Å². The van der Waals surface area contributed by atoms with Gasteiger partial charge in [0, 0.05) is 6.42 Å². The molecule has 47 heavy (non-hydrogen) atoms. The van der Waals surface area contributed by atoms with Crippen LogP contribution >= 0.6 is 15.6 Å². The molecule has 6 heterocycles. The molecular weight excluding hydrogens is 682 g/mol. The average molecular weight is 708 g/mol. The van der Waals surface area contributed by atoms with Gasteiger partial charge < -0.3 is 55.8 Å². The lowest BCUT2D eigenvalue weighted by atomic mass is 9.88. The Kier molecular flexibility index (Phi) is 8.12. The maximum absolute atomic E-state index is 12.4. The number of rotatable bonds is 9. The van der Waals surface area contributed by atoms with Crippen molar-refractivity contribution in [3.8, 4) is 0 Å². The summed E-state index contributed by atoms with van der Waals surface area (Å²) in [5.41, 5.74) is 6.28. The second-order valence-corrected chi connectivity index (χ2v) is 13.1. The van der Waals surface area contributed by atoms with E-state index in [-0.39, 0.29) is 34.2 Å². The predicted octanol–water partition coefficient (Wildman–Crippen LogP) is -4.36. The van der Waals surface area contributed by atoms with Crippen LogP contribution in [-0.4, -0.2) is 117 Å². The fraction of sp³-hybridized carbons (Fsp3) is 0.500. The zero-order valence-electron chi connectivity index (χ0n) is 23.2. The van der Waals surface area contributed by atoms with E-state index in [0.717, 1.165) is 21.8 Å². The van der Waals surface area contributed by atoms with Crippen LogP contribution in [0, 0.1) is 0 Å². The summed E-state index contributed by atoms with van der Waals surface area (Å²) >= 11 is 0. The summed E-state index contributed by atoms with van der Waals surface area (Å²) in [5, 5.41) is 33.4. The molecule has 0 amide bonds. The fourth-order valence-corrected chi connectivity index (χ4v) is 6.62. The minimum atomic E-state index is -5.55. The van der Waals surface area contributed by atoms with Crippen molar-refractivity contribution in [1.29, 1.82) is 0 Å². The van der Waals surface area contributed by atoms with E-state index in [2.05, 4.69) is 34.4 Å². The minimum absolute atomic E-state index is 0.160. The largest absolute Gasteiger partial charge is 0.470 e. The van der Waals surface area contributed by atoms with E-state index in [0.29, 0.717) is 0 Å². The summed E-state index contributed by atoms with van der Waals surface area (Å²) in [6, 6.07) is 0. The van der Waals surface area contributed by atoms with Gasteiger partial charge in [-0.2, -0.15) is 9.97 Å². The molecule has 13 N–H and O–H groups in total. The van der Waals surface area contributed by atoms with Crippen LogP contribution in [0.5, 0.6) is 0 Å². The van der Waals surface area contributed by atoms with Crippen molar-refractivity contribution in [2.45, 2.75) is 55.0 Å². The second-order valence-electron chi connectivity index (χ2n) is 10.6. The van der Waals surface area contributed by atoms with E-state index in [1.165, 1.54) is 0 Å². The van der Waals surface area contributed by atoms with Crippen molar-refractivity contribution in [1.82, 2.24) is 39.0 Å². The van der Waals surface area contributed by atoms with Gasteiger partial charge in [0.25, 0.3) is 11.1 Å². The molecule has 25 nitrogen and oxygen atoms in total. The summed E-state index contributed by atoms with van der Waals surface area (Å²) < 4.78 is 47.3. The highest BCUT2D eigenvalue weighted by molar-refractivity contribution is 7.46. The minimum Gasteiger partial charge on any atom is -0.388 e. The first-order valence-electron chi connectivity index (χ1n) is 13.1. The number of nitrogen functional groups attached to an aromatic ring is 2. The van der Waals surface area contributed by atoms with E-state index in [1.54, 1.807) is 0 Å². The summed E-state index contributed by atoms with van der Waals surface area (Å²) in [7, 11) is -10.9. The van der Waals surface area contributed by atoms with Crippen LogP contribution in [0.25, 0.3) is 22.3 Å². The number of H-pyrrole nitrogens is 2. The monoisotopic (exact) mass is 708 g/mol. The molecule has 0 aliphatic carbocycles. The van der Waals surface area contributed by atoms with Crippen LogP contribution in [0.1, 0.15) is 18.9 Å². The van der Waals surface area contributed by atoms with Gasteiger partial charge in [0.15, 0.2) is 34.8 Å². The number of nitrogens with two attached hydrogens (primary N) is 2. The topological polar surface area (TPSA) is 392 Å². The zero-order chi connectivity index (χ0) is 34.2. The van der Waals surface area contributed by atoms with E-state index in [9.17, 15) is 53.6 Å². The third kappa shape index (κ3) is 6.09. The van der Waals surface area contributed by atoms with Gasteiger partial charge in [0.05, 0.1) is 25.4 Å². The molecule has 0 radical (unpaired) electrons. The molecule has 4 aromatic heterocycles. The number of ether oxygens (including phenoxy) is 2. The molecule has 8 unspecified atom stereocenters. The van der Waals surface area contributed by atoms with Gasteiger partial charge in [0.1, 0.15) is 30.0 Å². The number of aromatic amines is 2. The van der Waals surface area contributed by atoms with Crippen molar-refractivity contribution >= 4 is 49.9 Å². The molecule has 0 saturated carbocycles. The molecule has 4 aromatic rings. The van der Waals surface area contributed by atoms with Crippen LogP contribution in [0.4, 0.5) is 11.9 Å². The predicted molar refractivity (Wildman–Crippen MR) is 149 cm³/mol. The maximum Gasteiger partial charge on any atom is 0.470 e. The number of anilines is 2. The molecule has 2 aliphatic rings. The van der Waals surface area contributed by atoms with Crippen molar-refractivity contribution in [3.63, 3.8) is 0 Å². The van der Waals surface area contributed by atoms with Gasteiger partial charge >= 0.3 is 15.6 Å².